The quantitative estimate of drug-likeness (QED) is 0.685. The molecule has 0 aromatic rings. The van der Waals surface area contributed by atoms with E-state index in [0.29, 0.717) is 6.61 Å². The second kappa shape index (κ2) is 5.82. The van der Waals surface area contributed by atoms with Gasteiger partial charge >= 0.3 is 0 Å². The number of ether oxygens (including phenoxy) is 1. The van der Waals surface area contributed by atoms with Crippen LogP contribution in [0.1, 0.15) is 46.0 Å². The van der Waals surface area contributed by atoms with Crippen molar-refractivity contribution in [2.24, 2.45) is 0 Å². The highest BCUT2D eigenvalue weighted by molar-refractivity contribution is 7.87. The van der Waals surface area contributed by atoms with Gasteiger partial charge in [-0.05, 0) is 26.7 Å². The van der Waals surface area contributed by atoms with Gasteiger partial charge in [-0.2, -0.15) is 8.42 Å². The fourth-order valence-electron chi connectivity index (χ4n) is 1.75. The first-order valence-electron chi connectivity index (χ1n) is 5.60. The van der Waals surface area contributed by atoms with Crippen molar-refractivity contribution in [3.8, 4) is 0 Å². The van der Waals surface area contributed by atoms with Gasteiger partial charge in [0.25, 0.3) is 10.1 Å². The molecule has 1 aliphatic rings. The molecule has 0 N–H and O–H groups in total. The average molecular weight is 236 g/mol. The van der Waals surface area contributed by atoms with Gasteiger partial charge in [-0.1, -0.05) is 19.3 Å². The fourth-order valence-corrected chi connectivity index (χ4v) is 2.78. The predicted octanol–water partition coefficient (Wildman–Crippen LogP) is 2.05. The van der Waals surface area contributed by atoms with Crippen LogP contribution in [-0.4, -0.2) is 26.6 Å². The number of hydrogen-bond acceptors (Lipinski definition) is 4. The van der Waals surface area contributed by atoms with Crippen molar-refractivity contribution in [2.75, 3.05) is 6.61 Å². The second-order valence-corrected chi connectivity index (χ2v) is 5.71. The molecule has 0 heterocycles. The minimum absolute atomic E-state index is 0.133. The van der Waals surface area contributed by atoms with Crippen molar-refractivity contribution in [3.63, 3.8) is 0 Å². The molecule has 0 saturated heterocycles. The molecule has 1 fully saturated rings. The summed E-state index contributed by atoms with van der Waals surface area (Å²) in [7, 11) is -3.54. The lowest BCUT2D eigenvalue weighted by Gasteiger charge is -2.23. The Labute approximate surface area is 92.1 Å². The smallest absolute Gasteiger partial charge is 0.294 e. The molecule has 15 heavy (non-hydrogen) atoms. The van der Waals surface area contributed by atoms with E-state index in [0.717, 1.165) is 25.7 Å². The van der Waals surface area contributed by atoms with E-state index in [2.05, 4.69) is 0 Å². The molecule has 0 aromatic heterocycles. The molecule has 5 heteroatoms. The minimum atomic E-state index is -3.54. The van der Waals surface area contributed by atoms with Gasteiger partial charge in [0.2, 0.25) is 0 Å². The molecule has 0 amide bonds. The maximum Gasteiger partial charge on any atom is 0.294 e. The Hall–Kier alpha value is -0.130. The minimum Gasteiger partial charge on any atom is -0.360 e. The zero-order chi connectivity index (χ0) is 11.3. The Kier molecular flexibility index (Phi) is 5.02. The van der Waals surface area contributed by atoms with Crippen LogP contribution in [0.4, 0.5) is 0 Å². The lowest BCUT2D eigenvalue weighted by atomic mass is 9.98. The third-order valence-corrected chi connectivity index (χ3v) is 4.12. The standard InChI is InChI=1S/C10H20O4S/c1-3-13-9(2)15(11,12)14-10-7-5-4-6-8-10/h9-10H,3-8H2,1-2H3. The lowest BCUT2D eigenvalue weighted by molar-refractivity contribution is 0.0981. The fraction of sp³-hybridized carbons (Fsp3) is 1.00. The van der Waals surface area contributed by atoms with Gasteiger partial charge in [0, 0.05) is 6.61 Å². The summed E-state index contributed by atoms with van der Waals surface area (Å²) in [4.78, 5) is 0. The van der Waals surface area contributed by atoms with E-state index >= 15 is 0 Å². The molecule has 0 aliphatic heterocycles. The average Bonchev–Trinajstić information content (AvgIpc) is 2.19. The van der Waals surface area contributed by atoms with Crippen molar-refractivity contribution in [1.29, 1.82) is 0 Å². The summed E-state index contributed by atoms with van der Waals surface area (Å²) in [5.74, 6) is 0. The summed E-state index contributed by atoms with van der Waals surface area (Å²) in [6, 6.07) is 0. The van der Waals surface area contributed by atoms with E-state index in [1.807, 2.05) is 0 Å². The van der Waals surface area contributed by atoms with Crippen LogP contribution in [0.3, 0.4) is 0 Å². The van der Waals surface area contributed by atoms with Gasteiger partial charge in [0.15, 0.2) is 5.44 Å². The molecule has 1 saturated carbocycles. The molecule has 90 valence electrons. The molecule has 1 rings (SSSR count). The summed E-state index contributed by atoms with van der Waals surface area (Å²) in [6.45, 7) is 3.67. The SMILES string of the molecule is CCOC(C)S(=O)(=O)OC1CCCCC1. The first-order chi connectivity index (χ1) is 7.06. The first kappa shape index (κ1) is 12.9. The largest absolute Gasteiger partial charge is 0.360 e. The van der Waals surface area contributed by atoms with E-state index in [9.17, 15) is 8.42 Å². The Morgan fingerprint density at radius 2 is 1.87 bits per heavy atom. The van der Waals surface area contributed by atoms with Crippen molar-refractivity contribution in [2.45, 2.75) is 57.5 Å². The molecule has 0 bridgehead atoms. The molecule has 4 nitrogen and oxygen atoms in total. The molecule has 1 aliphatic carbocycles. The molecular weight excluding hydrogens is 216 g/mol. The Balaban J connectivity index is 2.47. The number of rotatable bonds is 5. The van der Waals surface area contributed by atoms with Crippen LogP contribution in [0.5, 0.6) is 0 Å². The Bertz CT molecular complexity index is 267. The molecule has 1 atom stereocenters. The van der Waals surface area contributed by atoms with Gasteiger partial charge in [-0.15, -0.1) is 0 Å². The number of hydrogen-bond donors (Lipinski definition) is 0. The van der Waals surface area contributed by atoms with Crippen LogP contribution in [0.15, 0.2) is 0 Å². The molecular formula is C10H20O4S. The van der Waals surface area contributed by atoms with Crippen molar-refractivity contribution in [1.82, 2.24) is 0 Å². The van der Waals surface area contributed by atoms with Gasteiger partial charge < -0.3 is 4.74 Å². The van der Waals surface area contributed by atoms with E-state index in [4.69, 9.17) is 8.92 Å². The summed E-state index contributed by atoms with van der Waals surface area (Å²) < 4.78 is 33.5. The van der Waals surface area contributed by atoms with Crippen molar-refractivity contribution < 1.29 is 17.3 Å². The Morgan fingerprint density at radius 3 is 2.40 bits per heavy atom. The summed E-state index contributed by atoms with van der Waals surface area (Å²) in [5.41, 5.74) is -0.857. The highest BCUT2D eigenvalue weighted by Crippen LogP contribution is 2.23. The highest BCUT2D eigenvalue weighted by atomic mass is 32.2. The zero-order valence-corrected chi connectivity index (χ0v) is 10.3. The summed E-state index contributed by atoms with van der Waals surface area (Å²) >= 11 is 0. The van der Waals surface area contributed by atoms with E-state index in [1.165, 1.54) is 13.3 Å². The maximum absolute atomic E-state index is 11.6. The van der Waals surface area contributed by atoms with Crippen LogP contribution >= 0.6 is 0 Å². The monoisotopic (exact) mass is 236 g/mol. The van der Waals surface area contributed by atoms with Crippen LogP contribution in [0, 0.1) is 0 Å². The van der Waals surface area contributed by atoms with Gasteiger partial charge in [0.1, 0.15) is 0 Å². The second-order valence-electron chi connectivity index (χ2n) is 3.87. The third-order valence-electron chi connectivity index (χ3n) is 2.63. The van der Waals surface area contributed by atoms with Crippen LogP contribution in [0.2, 0.25) is 0 Å². The summed E-state index contributed by atoms with van der Waals surface area (Å²) in [6.07, 6.45) is 4.86. The van der Waals surface area contributed by atoms with Crippen LogP contribution in [0.25, 0.3) is 0 Å². The predicted molar refractivity (Wildman–Crippen MR) is 58.0 cm³/mol. The highest BCUT2D eigenvalue weighted by Gasteiger charge is 2.27. The van der Waals surface area contributed by atoms with Gasteiger partial charge in [0.05, 0.1) is 6.10 Å². The van der Waals surface area contributed by atoms with Crippen LogP contribution < -0.4 is 0 Å². The van der Waals surface area contributed by atoms with Crippen molar-refractivity contribution in [3.05, 3.63) is 0 Å². The van der Waals surface area contributed by atoms with E-state index < -0.39 is 15.6 Å². The summed E-state index contributed by atoms with van der Waals surface area (Å²) in [5, 5.41) is 0. The van der Waals surface area contributed by atoms with E-state index in [-0.39, 0.29) is 6.10 Å². The molecule has 0 radical (unpaired) electrons. The molecule has 0 spiro atoms. The van der Waals surface area contributed by atoms with E-state index in [1.54, 1.807) is 6.92 Å². The first-order valence-corrected chi connectivity index (χ1v) is 7.07. The third kappa shape index (κ3) is 4.09. The normalized spacial score (nSPS) is 21.5. The topological polar surface area (TPSA) is 52.6 Å². The zero-order valence-electron chi connectivity index (χ0n) is 9.44. The van der Waals surface area contributed by atoms with Gasteiger partial charge in [-0.3, -0.25) is 4.18 Å². The Morgan fingerprint density at radius 1 is 1.27 bits per heavy atom. The molecule has 1 unspecified atom stereocenters. The van der Waals surface area contributed by atoms with Crippen LogP contribution in [-0.2, 0) is 19.0 Å². The van der Waals surface area contributed by atoms with Gasteiger partial charge in [-0.25, -0.2) is 0 Å². The molecule has 0 aromatic carbocycles. The maximum atomic E-state index is 11.6. The van der Waals surface area contributed by atoms with Crippen molar-refractivity contribution >= 4 is 10.1 Å². The lowest BCUT2D eigenvalue weighted by Crippen LogP contribution is -2.29.